The summed E-state index contributed by atoms with van der Waals surface area (Å²) in [4.78, 5) is 81.9. The summed E-state index contributed by atoms with van der Waals surface area (Å²) < 4.78 is 43.3. The highest BCUT2D eigenvalue weighted by molar-refractivity contribution is 6.25. The molecule has 6 saturated heterocycles. The molecule has 2 aromatic heterocycles. The molecule has 388 valence electrons. The number of pyridine rings is 1. The highest BCUT2D eigenvalue weighted by Gasteiger charge is 2.52. The largest absolute Gasteiger partial charge is 0.508 e. The van der Waals surface area contributed by atoms with Crippen molar-refractivity contribution in [1.82, 2.24) is 40.3 Å². The van der Waals surface area contributed by atoms with E-state index in [1.165, 1.54) is 30.5 Å². The van der Waals surface area contributed by atoms with Crippen molar-refractivity contribution in [2.75, 3.05) is 69.7 Å². The number of halogens is 2. The van der Waals surface area contributed by atoms with Gasteiger partial charge in [0.05, 0.1) is 27.6 Å². The van der Waals surface area contributed by atoms with Crippen LogP contribution in [0.4, 0.5) is 20.3 Å². The molecule has 0 aliphatic carbocycles. The van der Waals surface area contributed by atoms with Gasteiger partial charge in [0.1, 0.15) is 47.9 Å². The molecule has 18 nitrogen and oxygen atoms in total. The minimum atomic E-state index is -0.938. The molecule has 0 radical (unpaired) electrons. The molecule has 0 saturated carbocycles. The molecule has 7 aliphatic rings. The summed E-state index contributed by atoms with van der Waals surface area (Å²) in [5.41, 5.74) is 1.89. The molecule has 2 bridgehead atoms. The van der Waals surface area contributed by atoms with Crippen LogP contribution >= 0.6 is 0 Å². The number of piperazine rings is 1. The van der Waals surface area contributed by atoms with Crippen molar-refractivity contribution in [3.05, 3.63) is 89.1 Å². The fourth-order valence-corrected chi connectivity index (χ4v) is 12.4. The lowest BCUT2D eigenvalue weighted by molar-refractivity contribution is -0.136. The number of amides is 4. The molecule has 75 heavy (non-hydrogen) atoms. The molecular weight excluding hydrogens is 967 g/mol. The molecule has 20 heteroatoms. The number of aromatic hydroxyl groups is 1. The Labute approximate surface area is 430 Å². The van der Waals surface area contributed by atoms with Crippen molar-refractivity contribution in [2.45, 2.75) is 81.1 Å². The summed E-state index contributed by atoms with van der Waals surface area (Å²) in [6.07, 6.45) is 13.0. The number of aromatic nitrogens is 3. The zero-order valence-electron chi connectivity index (χ0n) is 41.4. The van der Waals surface area contributed by atoms with Crippen LogP contribution in [0, 0.1) is 29.9 Å². The summed E-state index contributed by atoms with van der Waals surface area (Å²) in [6, 6.07) is 10.3. The summed E-state index contributed by atoms with van der Waals surface area (Å²) in [5, 5.41) is 20.8. The van der Waals surface area contributed by atoms with Crippen LogP contribution in [-0.4, -0.2) is 154 Å². The maximum absolute atomic E-state index is 16.9. The van der Waals surface area contributed by atoms with Crippen LogP contribution in [0.25, 0.3) is 32.9 Å². The molecule has 9 heterocycles. The van der Waals surface area contributed by atoms with Gasteiger partial charge in [-0.25, -0.2) is 8.78 Å². The van der Waals surface area contributed by atoms with Crippen molar-refractivity contribution < 1.29 is 47.3 Å². The molecule has 12 rings (SSSR count). The number of rotatable bonds is 12. The first-order valence-corrected chi connectivity index (χ1v) is 25.4. The number of piperidine rings is 1. The molecule has 5 aromatic rings. The van der Waals surface area contributed by atoms with Crippen LogP contribution in [0.3, 0.4) is 0 Å². The molecule has 6 atom stereocenters. The lowest BCUT2D eigenvalue weighted by Gasteiger charge is -2.35. The topological polar surface area (TPSA) is 212 Å². The van der Waals surface area contributed by atoms with Crippen molar-refractivity contribution in [3.63, 3.8) is 0 Å². The minimum Gasteiger partial charge on any atom is -0.508 e. The fraction of sp³-hybridized carbons (Fsp3) is 0.418. The van der Waals surface area contributed by atoms with Gasteiger partial charge in [-0.15, -0.1) is 6.42 Å². The number of phenolic OH excluding ortho intramolecular Hbond substituents is 1. The number of fused-ring (bicyclic) bond motifs is 6. The van der Waals surface area contributed by atoms with E-state index >= 15 is 4.39 Å². The van der Waals surface area contributed by atoms with Crippen molar-refractivity contribution in [1.29, 1.82) is 0 Å². The van der Waals surface area contributed by atoms with Crippen LogP contribution < -0.4 is 25.6 Å². The third-order valence-electron chi connectivity index (χ3n) is 15.9. The Morgan fingerprint density at radius 1 is 1.01 bits per heavy atom. The monoisotopic (exact) mass is 1020 g/mol. The van der Waals surface area contributed by atoms with Crippen LogP contribution in [0.2, 0.25) is 0 Å². The first-order chi connectivity index (χ1) is 36.2. The van der Waals surface area contributed by atoms with Gasteiger partial charge in [-0.1, -0.05) is 30.2 Å². The Morgan fingerprint density at radius 2 is 1.83 bits per heavy atom. The number of hydrogen-bond acceptors (Lipinski definition) is 16. The van der Waals surface area contributed by atoms with E-state index in [0.29, 0.717) is 71.8 Å². The number of likely N-dealkylation sites (tertiary alicyclic amines) is 1. The fourth-order valence-electron chi connectivity index (χ4n) is 12.4. The first-order valence-electron chi connectivity index (χ1n) is 25.4. The van der Waals surface area contributed by atoms with Crippen LogP contribution in [0.1, 0.15) is 77.6 Å². The maximum Gasteiger partial charge on any atom is 0.319 e. The van der Waals surface area contributed by atoms with E-state index in [4.69, 9.17) is 20.9 Å². The number of hydrogen-bond donors (Lipinski definition) is 4. The molecular formula is C55H56F2N10O8. The number of phenols is 1. The minimum absolute atomic E-state index is 0.00472. The second kappa shape index (κ2) is 19.9. The van der Waals surface area contributed by atoms with Gasteiger partial charge in [0.15, 0.2) is 5.82 Å². The van der Waals surface area contributed by atoms with E-state index in [9.17, 15) is 33.5 Å². The smallest absolute Gasteiger partial charge is 0.319 e. The van der Waals surface area contributed by atoms with Gasteiger partial charge in [0, 0.05) is 80.1 Å². The number of carbonyl (C=O) groups is 5. The SMILES string of the molecule is C#Cc1c(F)ccc2cc(O)cc(-c3ncc4c(N5CC6CCC(C5)N6)nc(OCC56CCC(COC=O)N5CC(=C)C6)nc4c3F)c12.CN1CCC(CNc2cccc3c2C(=O)N(C2CCC(=O)NC2=O)C3=O)C1. The van der Waals surface area contributed by atoms with E-state index in [1.807, 2.05) is 0 Å². The Balaban J connectivity index is 0.000000189. The van der Waals surface area contributed by atoms with Crippen LogP contribution in [0.5, 0.6) is 11.8 Å². The van der Waals surface area contributed by atoms with Crippen molar-refractivity contribution in [3.8, 4) is 35.4 Å². The Hall–Kier alpha value is -7.60. The lowest BCUT2D eigenvalue weighted by Crippen LogP contribution is -2.54. The standard InChI is InChI=1S/C36H34F2N6O4.C19H22N4O4/c1-3-26-29(37)7-4-21-10-25(46)11-27(30(21)26)32-31(38)33-28(13-39-32)34(43-15-22-5-6-23(16-43)40-22)42-35(41-33)48-18-36-9-8-24(17-47-19-45)44(36)14-20(2)12-36;1-22-8-7-11(10-22)9-20-13-4-2-3-12-16(13)19(27)23(18(12)26)14-5-6-15(24)21-17(14)25/h1,4,7,10-11,13,19,22-24,40,46H,2,5-6,8-9,12,14-18H2;2-4,11,14,20H,5-10H2,1H3,(H,21,24,25). The predicted octanol–water partition coefficient (Wildman–Crippen LogP) is 4.92. The van der Waals surface area contributed by atoms with Gasteiger partial charge in [-0.3, -0.25) is 44.1 Å². The second-order valence-electron chi connectivity index (χ2n) is 20.9. The molecule has 4 amide bonds. The average Bonchev–Trinajstić information content (AvgIpc) is 4.20. The summed E-state index contributed by atoms with van der Waals surface area (Å²) in [6.45, 7) is 10.0. The zero-order valence-corrected chi connectivity index (χ0v) is 41.4. The molecule has 6 fully saturated rings. The Bertz CT molecular complexity index is 3250. The quantitative estimate of drug-likeness (QED) is 0.0566. The average molecular weight is 1020 g/mol. The van der Waals surface area contributed by atoms with E-state index in [1.54, 1.807) is 18.2 Å². The zero-order chi connectivity index (χ0) is 52.3. The maximum atomic E-state index is 16.9. The molecule has 4 N–H and O–H groups in total. The first kappa shape index (κ1) is 49.6. The summed E-state index contributed by atoms with van der Waals surface area (Å²) in [5.74, 6) is -0.0804. The van der Waals surface area contributed by atoms with Crippen LogP contribution in [-0.2, 0) is 19.1 Å². The highest BCUT2D eigenvalue weighted by Crippen LogP contribution is 2.45. The summed E-state index contributed by atoms with van der Waals surface area (Å²) >= 11 is 0. The third-order valence-corrected chi connectivity index (χ3v) is 15.9. The van der Waals surface area contributed by atoms with Crippen molar-refractivity contribution in [2.24, 2.45) is 5.92 Å². The number of benzene rings is 3. The normalized spacial score (nSPS) is 25.3. The van der Waals surface area contributed by atoms with E-state index in [0.717, 1.165) is 62.2 Å². The predicted molar refractivity (Wildman–Crippen MR) is 273 cm³/mol. The molecule has 0 spiro atoms. The van der Waals surface area contributed by atoms with Gasteiger partial charge < -0.3 is 35.0 Å². The number of ether oxygens (including phenoxy) is 2. The van der Waals surface area contributed by atoms with Gasteiger partial charge in [-0.05, 0) is 100 Å². The number of nitrogens with one attached hydrogen (secondary N) is 3. The highest BCUT2D eigenvalue weighted by atomic mass is 19.1. The van der Waals surface area contributed by atoms with E-state index in [2.05, 4.69) is 60.2 Å². The molecule has 6 unspecified atom stereocenters. The Morgan fingerprint density at radius 3 is 2.57 bits per heavy atom. The third kappa shape index (κ3) is 9.16. The number of carbonyl (C=O) groups excluding carboxylic acids is 5. The number of terminal acetylenes is 1. The van der Waals surface area contributed by atoms with Gasteiger partial charge >= 0.3 is 6.01 Å². The number of imide groups is 2. The van der Waals surface area contributed by atoms with E-state index in [-0.39, 0.29) is 95.1 Å². The molecule has 3 aromatic carbocycles. The van der Waals surface area contributed by atoms with Gasteiger partial charge in [0.2, 0.25) is 11.8 Å². The Kier molecular flexibility index (Phi) is 13.2. The van der Waals surface area contributed by atoms with Crippen molar-refractivity contribution >= 4 is 63.3 Å². The van der Waals surface area contributed by atoms with E-state index < -0.39 is 35.4 Å². The second-order valence-corrected chi connectivity index (χ2v) is 20.9. The number of anilines is 2. The van der Waals surface area contributed by atoms with Gasteiger partial charge in [0.25, 0.3) is 18.3 Å². The molecule has 7 aliphatic heterocycles. The lowest BCUT2D eigenvalue weighted by atomic mass is 9.94. The van der Waals surface area contributed by atoms with Gasteiger partial charge in [-0.2, -0.15) is 9.97 Å². The number of nitrogens with zero attached hydrogens (tertiary/aromatic N) is 7. The summed E-state index contributed by atoms with van der Waals surface area (Å²) in [7, 11) is 2.08. The van der Waals surface area contributed by atoms with Crippen LogP contribution in [0.15, 0.2) is 60.8 Å².